The quantitative estimate of drug-likeness (QED) is 0.478. The lowest BCUT2D eigenvalue weighted by Crippen LogP contribution is -2.34. The first-order chi connectivity index (χ1) is 6.63. The van der Waals surface area contributed by atoms with Crippen molar-refractivity contribution in [3.05, 3.63) is 12.2 Å². The summed E-state index contributed by atoms with van der Waals surface area (Å²) in [7, 11) is 0. The molecule has 0 atom stereocenters. The van der Waals surface area contributed by atoms with Crippen molar-refractivity contribution >= 4 is 5.97 Å². The van der Waals surface area contributed by atoms with Crippen LogP contribution in [0.2, 0.25) is 0 Å². The lowest BCUT2D eigenvalue weighted by Gasteiger charge is -2.20. The predicted molar refractivity (Wildman–Crippen MR) is 56.0 cm³/mol. The second kappa shape index (κ2) is 5.15. The average Bonchev–Trinajstić information content (AvgIpc) is 2.84. The molecule has 1 aliphatic carbocycles. The number of ether oxygens (including phenoxy) is 1. The summed E-state index contributed by atoms with van der Waals surface area (Å²) < 4.78 is 4.92. The smallest absolute Gasteiger partial charge is 0.320 e. The fourth-order valence-corrected chi connectivity index (χ4v) is 1.47. The second-order valence-electron chi connectivity index (χ2n) is 3.90. The second-order valence-corrected chi connectivity index (χ2v) is 3.90. The molecule has 3 nitrogen and oxygen atoms in total. The molecule has 0 aliphatic heterocycles. The molecule has 0 aromatic heterocycles. The monoisotopic (exact) mass is 197 g/mol. The van der Waals surface area contributed by atoms with E-state index < -0.39 is 0 Å². The minimum atomic E-state index is -0.124. The highest BCUT2D eigenvalue weighted by Gasteiger charge is 2.30. The third kappa shape index (κ3) is 3.92. The lowest BCUT2D eigenvalue weighted by atomic mass is 10.3. The number of carbonyl (C=O) groups excluding carboxylic acids is 1. The summed E-state index contributed by atoms with van der Waals surface area (Å²) >= 11 is 0. The van der Waals surface area contributed by atoms with E-state index in [1.165, 1.54) is 12.8 Å². The summed E-state index contributed by atoms with van der Waals surface area (Å²) in [5, 5.41) is 0. The van der Waals surface area contributed by atoms with E-state index in [4.69, 9.17) is 4.74 Å². The topological polar surface area (TPSA) is 29.5 Å². The fraction of sp³-hybridized carbons (Fsp3) is 0.727. The van der Waals surface area contributed by atoms with E-state index in [2.05, 4.69) is 11.5 Å². The minimum Gasteiger partial charge on any atom is -0.465 e. The Labute approximate surface area is 85.7 Å². The Hall–Kier alpha value is -0.830. The number of rotatable bonds is 6. The van der Waals surface area contributed by atoms with Crippen LogP contribution in [0, 0.1) is 0 Å². The molecular formula is C11H19NO2. The zero-order valence-electron chi connectivity index (χ0n) is 9.08. The molecule has 0 saturated heterocycles. The van der Waals surface area contributed by atoms with Gasteiger partial charge in [-0.1, -0.05) is 12.2 Å². The molecule has 14 heavy (non-hydrogen) atoms. The highest BCUT2D eigenvalue weighted by molar-refractivity contribution is 5.71. The van der Waals surface area contributed by atoms with Crippen LogP contribution >= 0.6 is 0 Å². The SMILES string of the molecule is C=C(C)CN(CC(=O)OCC)C1CC1. The molecule has 0 heterocycles. The van der Waals surface area contributed by atoms with Crippen LogP contribution in [0.4, 0.5) is 0 Å². The van der Waals surface area contributed by atoms with Crippen molar-refractivity contribution in [2.75, 3.05) is 19.7 Å². The van der Waals surface area contributed by atoms with Gasteiger partial charge in [-0.2, -0.15) is 0 Å². The molecule has 0 bridgehead atoms. The normalized spacial score (nSPS) is 15.6. The number of hydrogen-bond donors (Lipinski definition) is 0. The number of nitrogens with zero attached hydrogens (tertiary/aromatic N) is 1. The summed E-state index contributed by atoms with van der Waals surface area (Å²) in [5.41, 5.74) is 1.10. The zero-order valence-corrected chi connectivity index (χ0v) is 9.08. The highest BCUT2D eigenvalue weighted by atomic mass is 16.5. The molecule has 0 aromatic rings. The van der Waals surface area contributed by atoms with Gasteiger partial charge in [0.2, 0.25) is 0 Å². The van der Waals surface area contributed by atoms with Gasteiger partial charge in [-0.15, -0.1) is 0 Å². The van der Waals surface area contributed by atoms with Gasteiger partial charge in [-0.25, -0.2) is 0 Å². The third-order valence-electron chi connectivity index (χ3n) is 2.17. The van der Waals surface area contributed by atoms with Crippen LogP contribution in [0.1, 0.15) is 26.7 Å². The van der Waals surface area contributed by atoms with Crippen LogP contribution in [0.25, 0.3) is 0 Å². The molecule has 3 heteroatoms. The van der Waals surface area contributed by atoms with Crippen molar-refractivity contribution in [1.82, 2.24) is 4.90 Å². The molecule has 0 unspecified atom stereocenters. The van der Waals surface area contributed by atoms with E-state index in [1.807, 2.05) is 13.8 Å². The van der Waals surface area contributed by atoms with E-state index >= 15 is 0 Å². The van der Waals surface area contributed by atoms with Gasteiger partial charge in [-0.05, 0) is 26.7 Å². The van der Waals surface area contributed by atoms with Gasteiger partial charge in [0.05, 0.1) is 13.2 Å². The van der Waals surface area contributed by atoms with E-state index in [0.29, 0.717) is 19.2 Å². The van der Waals surface area contributed by atoms with Crippen molar-refractivity contribution in [3.8, 4) is 0 Å². The number of carbonyl (C=O) groups is 1. The van der Waals surface area contributed by atoms with Gasteiger partial charge in [-0.3, -0.25) is 9.69 Å². The van der Waals surface area contributed by atoms with Crippen molar-refractivity contribution < 1.29 is 9.53 Å². The van der Waals surface area contributed by atoms with Crippen LogP contribution in [-0.4, -0.2) is 36.6 Å². The third-order valence-corrected chi connectivity index (χ3v) is 2.17. The molecule has 1 fully saturated rings. The summed E-state index contributed by atoms with van der Waals surface area (Å²) in [6.45, 7) is 9.36. The van der Waals surface area contributed by atoms with Crippen LogP contribution in [-0.2, 0) is 9.53 Å². The maximum atomic E-state index is 11.3. The van der Waals surface area contributed by atoms with Gasteiger partial charge in [0, 0.05) is 12.6 Å². The van der Waals surface area contributed by atoms with Crippen LogP contribution in [0.5, 0.6) is 0 Å². The van der Waals surface area contributed by atoms with Gasteiger partial charge >= 0.3 is 5.97 Å². The highest BCUT2D eigenvalue weighted by Crippen LogP contribution is 2.27. The molecule has 0 N–H and O–H groups in total. The molecule has 1 saturated carbocycles. The van der Waals surface area contributed by atoms with E-state index in [9.17, 15) is 4.79 Å². The first-order valence-corrected chi connectivity index (χ1v) is 5.17. The first-order valence-electron chi connectivity index (χ1n) is 5.17. The summed E-state index contributed by atoms with van der Waals surface area (Å²) in [4.78, 5) is 13.4. The van der Waals surface area contributed by atoms with Crippen LogP contribution < -0.4 is 0 Å². The molecule has 0 radical (unpaired) electrons. The Morgan fingerprint density at radius 2 is 2.14 bits per heavy atom. The Bertz CT molecular complexity index is 221. The number of esters is 1. The minimum absolute atomic E-state index is 0.124. The van der Waals surface area contributed by atoms with Crippen LogP contribution in [0.15, 0.2) is 12.2 Å². The van der Waals surface area contributed by atoms with Crippen LogP contribution in [0.3, 0.4) is 0 Å². The molecule has 1 rings (SSSR count). The molecule has 80 valence electrons. The Morgan fingerprint density at radius 1 is 1.50 bits per heavy atom. The molecule has 0 aromatic carbocycles. The largest absolute Gasteiger partial charge is 0.465 e. The van der Waals surface area contributed by atoms with Crippen molar-refractivity contribution in [1.29, 1.82) is 0 Å². The lowest BCUT2D eigenvalue weighted by molar-refractivity contribution is -0.144. The Kier molecular flexibility index (Phi) is 4.14. The summed E-state index contributed by atoms with van der Waals surface area (Å²) in [6, 6.07) is 0.580. The van der Waals surface area contributed by atoms with Gasteiger partial charge < -0.3 is 4.74 Å². The fourth-order valence-electron chi connectivity index (χ4n) is 1.47. The maximum Gasteiger partial charge on any atom is 0.320 e. The first kappa shape index (κ1) is 11.2. The van der Waals surface area contributed by atoms with E-state index in [1.54, 1.807) is 0 Å². The Balaban J connectivity index is 2.34. The van der Waals surface area contributed by atoms with Crippen molar-refractivity contribution in [2.45, 2.75) is 32.7 Å². The zero-order chi connectivity index (χ0) is 10.6. The summed E-state index contributed by atoms with van der Waals surface area (Å²) in [5.74, 6) is -0.124. The molecule has 0 spiro atoms. The average molecular weight is 197 g/mol. The summed E-state index contributed by atoms with van der Waals surface area (Å²) in [6.07, 6.45) is 2.40. The Morgan fingerprint density at radius 3 is 2.57 bits per heavy atom. The molecular weight excluding hydrogens is 178 g/mol. The van der Waals surface area contributed by atoms with Gasteiger partial charge in [0.15, 0.2) is 0 Å². The number of hydrogen-bond acceptors (Lipinski definition) is 3. The van der Waals surface area contributed by atoms with Crippen molar-refractivity contribution in [2.24, 2.45) is 0 Å². The van der Waals surface area contributed by atoms with Gasteiger partial charge in [0.1, 0.15) is 0 Å². The van der Waals surface area contributed by atoms with Crippen molar-refractivity contribution in [3.63, 3.8) is 0 Å². The predicted octanol–water partition coefficient (Wildman–Crippen LogP) is 1.59. The van der Waals surface area contributed by atoms with Gasteiger partial charge in [0.25, 0.3) is 0 Å². The molecule has 0 amide bonds. The molecule has 1 aliphatic rings. The van der Waals surface area contributed by atoms with E-state index in [-0.39, 0.29) is 5.97 Å². The maximum absolute atomic E-state index is 11.3. The standard InChI is InChI=1S/C11H19NO2/c1-4-14-11(13)8-12(7-9(2)3)10-5-6-10/h10H,2,4-8H2,1,3H3. The van der Waals surface area contributed by atoms with E-state index in [0.717, 1.165) is 12.1 Å².